The highest BCUT2D eigenvalue weighted by Crippen LogP contribution is 2.17. The number of amides is 1. The third-order valence-corrected chi connectivity index (χ3v) is 2.86. The predicted molar refractivity (Wildman–Crippen MR) is 70.8 cm³/mol. The summed E-state index contributed by atoms with van der Waals surface area (Å²) in [6, 6.07) is 5.90. The van der Waals surface area contributed by atoms with E-state index in [1.807, 2.05) is 0 Å². The number of benzene rings is 1. The van der Waals surface area contributed by atoms with E-state index >= 15 is 0 Å². The highest BCUT2D eigenvalue weighted by Gasteiger charge is 2.23. The molecule has 3 N–H and O–H groups in total. The van der Waals surface area contributed by atoms with Crippen LogP contribution in [-0.2, 0) is 16.0 Å². The van der Waals surface area contributed by atoms with Crippen LogP contribution in [0, 0.1) is 5.92 Å². The summed E-state index contributed by atoms with van der Waals surface area (Å²) in [5, 5.41) is 21.0. The molecule has 0 unspecified atom stereocenters. The molecule has 0 aliphatic carbocycles. The van der Waals surface area contributed by atoms with E-state index in [1.54, 1.807) is 38.1 Å². The minimum Gasteiger partial charge on any atom is -0.508 e. The summed E-state index contributed by atoms with van der Waals surface area (Å²) >= 11 is 0. The lowest BCUT2D eigenvalue weighted by Crippen LogP contribution is -2.44. The summed E-state index contributed by atoms with van der Waals surface area (Å²) in [7, 11) is 0. The van der Waals surface area contributed by atoms with Crippen LogP contribution < -0.4 is 5.32 Å². The lowest BCUT2D eigenvalue weighted by molar-refractivity contribution is -0.143. The van der Waals surface area contributed by atoms with Crippen LogP contribution in [0.25, 0.3) is 0 Å². The van der Waals surface area contributed by atoms with Crippen molar-refractivity contribution in [3.63, 3.8) is 0 Å². The van der Waals surface area contributed by atoms with Gasteiger partial charge in [-0.15, -0.1) is 0 Å². The van der Waals surface area contributed by atoms with E-state index in [9.17, 15) is 14.7 Å². The van der Waals surface area contributed by atoms with Crippen molar-refractivity contribution < 1.29 is 19.8 Å². The van der Waals surface area contributed by atoms with Crippen molar-refractivity contribution in [2.45, 2.75) is 32.7 Å². The van der Waals surface area contributed by atoms with Crippen LogP contribution in [0.15, 0.2) is 24.3 Å². The fraction of sp³-hybridized carbons (Fsp3) is 0.429. The minimum atomic E-state index is -1.04. The molecule has 0 saturated heterocycles. The van der Waals surface area contributed by atoms with Crippen molar-refractivity contribution in [2.75, 3.05) is 0 Å². The molecule has 0 saturated carbocycles. The quantitative estimate of drug-likeness (QED) is 0.728. The Morgan fingerprint density at radius 3 is 2.42 bits per heavy atom. The van der Waals surface area contributed by atoms with Crippen LogP contribution in [0.5, 0.6) is 5.75 Å². The maximum absolute atomic E-state index is 11.7. The Morgan fingerprint density at radius 2 is 1.89 bits per heavy atom. The van der Waals surface area contributed by atoms with Gasteiger partial charge >= 0.3 is 5.97 Å². The second-order valence-corrected chi connectivity index (χ2v) is 4.76. The molecule has 1 aromatic rings. The van der Waals surface area contributed by atoms with Crippen molar-refractivity contribution in [3.05, 3.63) is 29.8 Å². The van der Waals surface area contributed by atoms with Gasteiger partial charge in [-0.05, 0) is 24.0 Å². The number of para-hydroxylation sites is 1. The first-order chi connectivity index (χ1) is 8.91. The monoisotopic (exact) mass is 265 g/mol. The zero-order chi connectivity index (χ0) is 14.4. The van der Waals surface area contributed by atoms with Crippen molar-refractivity contribution in [3.8, 4) is 5.75 Å². The van der Waals surface area contributed by atoms with Crippen LogP contribution in [0.3, 0.4) is 0 Å². The molecule has 0 radical (unpaired) electrons. The SMILES string of the molecule is CC(C)[C@H](NC(=O)CCc1ccccc1O)C(=O)O. The van der Waals surface area contributed by atoms with Crippen LogP contribution in [-0.4, -0.2) is 28.1 Å². The maximum Gasteiger partial charge on any atom is 0.326 e. The van der Waals surface area contributed by atoms with Crippen LogP contribution in [0.4, 0.5) is 0 Å². The number of nitrogens with one attached hydrogen (secondary N) is 1. The first-order valence-corrected chi connectivity index (χ1v) is 6.21. The number of rotatable bonds is 6. The van der Waals surface area contributed by atoms with Gasteiger partial charge in [0.05, 0.1) is 0 Å². The van der Waals surface area contributed by atoms with E-state index in [0.717, 1.165) is 0 Å². The van der Waals surface area contributed by atoms with E-state index < -0.39 is 12.0 Å². The molecular formula is C14H19NO4. The molecule has 0 aliphatic rings. The average Bonchev–Trinajstić information content (AvgIpc) is 2.34. The number of phenolic OH excluding ortho intramolecular Hbond substituents is 1. The molecule has 1 atom stereocenters. The molecule has 1 aromatic carbocycles. The number of hydrogen-bond donors (Lipinski definition) is 3. The highest BCUT2D eigenvalue weighted by molar-refractivity contribution is 5.83. The number of carboxylic acid groups (broad SMARTS) is 1. The fourth-order valence-electron chi connectivity index (χ4n) is 1.73. The molecule has 1 rings (SSSR count). The van der Waals surface area contributed by atoms with Gasteiger partial charge in [-0.2, -0.15) is 0 Å². The Bertz CT molecular complexity index is 457. The molecule has 0 spiro atoms. The van der Waals surface area contributed by atoms with Crippen LogP contribution in [0.1, 0.15) is 25.8 Å². The smallest absolute Gasteiger partial charge is 0.326 e. The van der Waals surface area contributed by atoms with Gasteiger partial charge in [-0.3, -0.25) is 4.79 Å². The largest absolute Gasteiger partial charge is 0.508 e. The van der Waals surface area contributed by atoms with E-state index in [1.165, 1.54) is 0 Å². The van der Waals surface area contributed by atoms with Gasteiger partial charge in [0, 0.05) is 6.42 Å². The third-order valence-electron chi connectivity index (χ3n) is 2.86. The van der Waals surface area contributed by atoms with E-state index in [2.05, 4.69) is 5.32 Å². The van der Waals surface area contributed by atoms with Crippen molar-refractivity contribution >= 4 is 11.9 Å². The number of carbonyl (C=O) groups is 2. The fourth-order valence-corrected chi connectivity index (χ4v) is 1.73. The third kappa shape index (κ3) is 4.62. The average molecular weight is 265 g/mol. The molecule has 0 heterocycles. The first-order valence-electron chi connectivity index (χ1n) is 6.21. The summed E-state index contributed by atoms with van der Waals surface area (Å²) in [6.45, 7) is 3.48. The Morgan fingerprint density at radius 1 is 1.26 bits per heavy atom. The molecule has 0 aliphatic heterocycles. The molecule has 0 fully saturated rings. The van der Waals surface area contributed by atoms with Crippen LogP contribution >= 0.6 is 0 Å². The van der Waals surface area contributed by atoms with Crippen molar-refractivity contribution in [1.82, 2.24) is 5.32 Å². The minimum absolute atomic E-state index is 0.147. The highest BCUT2D eigenvalue weighted by atomic mass is 16.4. The Labute approximate surface area is 112 Å². The number of carbonyl (C=O) groups excluding carboxylic acids is 1. The van der Waals surface area contributed by atoms with Gasteiger partial charge < -0.3 is 15.5 Å². The maximum atomic E-state index is 11.7. The molecule has 104 valence electrons. The van der Waals surface area contributed by atoms with Crippen LogP contribution in [0.2, 0.25) is 0 Å². The lowest BCUT2D eigenvalue weighted by atomic mass is 10.0. The van der Waals surface area contributed by atoms with Crippen molar-refractivity contribution in [1.29, 1.82) is 0 Å². The topological polar surface area (TPSA) is 86.6 Å². The Balaban J connectivity index is 2.52. The normalized spacial score (nSPS) is 12.2. The van der Waals surface area contributed by atoms with Gasteiger partial charge in [0.2, 0.25) is 5.91 Å². The standard InChI is InChI=1S/C14H19NO4/c1-9(2)13(14(18)19)15-12(17)8-7-10-5-3-4-6-11(10)16/h3-6,9,13,16H,7-8H2,1-2H3,(H,15,17)(H,18,19)/t13-/m0/s1. The van der Waals surface area contributed by atoms with Gasteiger partial charge in [0.25, 0.3) is 0 Å². The molecular weight excluding hydrogens is 246 g/mol. The summed E-state index contributed by atoms with van der Waals surface area (Å²) in [4.78, 5) is 22.6. The number of aromatic hydroxyl groups is 1. The molecule has 1 amide bonds. The zero-order valence-corrected chi connectivity index (χ0v) is 11.1. The summed E-state index contributed by atoms with van der Waals surface area (Å²) in [5.74, 6) is -1.39. The Kier molecular flexibility index (Phi) is 5.36. The van der Waals surface area contributed by atoms with Crippen molar-refractivity contribution in [2.24, 2.45) is 5.92 Å². The van der Waals surface area contributed by atoms with Gasteiger partial charge in [-0.1, -0.05) is 32.0 Å². The van der Waals surface area contributed by atoms with Gasteiger partial charge in [-0.25, -0.2) is 4.79 Å². The second-order valence-electron chi connectivity index (χ2n) is 4.76. The predicted octanol–water partition coefficient (Wildman–Crippen LogP) is 1.55. The molecule has 0 aromatic heterocycles. The number of hydrogen-bond acceptors (Lipinski definition) is 3. The Hall–Kier alpha value is -2.04. The first kappa shape index (κ1) is 15.0. The lowest BCUT2D eigenvalue weighted by Gasteiger charge is -2.17. The van der Waals surface area contributed by atoms with E-state index in [-0.39, 0.29) is 24.0 Å². The number of aryl methyl sites for hydroxylation is 1. The van der Waals surface area contributed by atoms with Gasteiger partial charge in [0.15, 0.2) is 0 Å². The summed E-state index contributed by atoms with van der Waals surface area (Å²) in [5.41, 5.74) is 0.675. The molecule has 5 nitrogen and oxygen atoms in total. The number of phenols is 1. The summed E-state index contributed by atoms with van der Waals surface area (Å²) < 4.78 is 0. The molecule has 0 bridgehead atoms. The zero-order valence-electron chi connectivity index (χ0n) is 11.1. The summed E-state index contributed by atoms with van der Waals surface area (Å²) in [6.07, 6.45) is 0.525. The van der Waals surface area contributed by atoms with E-state index in [4.69, 9.17) is 5.11 Å². The molecule has 5 heteroatoms. The van der Waals surface area contributed by atoms with E-state index in [0.29, 0.717) is 12.0 Å². The van der Waals surface area contributed by atoms with Gasteiger partial charge in [0.1, 0.15) is 11.8 Å². The second kappa shape index (κ2) is 6.78. The number of aliphatic carboxylic acids is 1. The molecule has 19 heavy (non-hydrogen) atoms. The number of carboxylic acids is 1.